The molecule has 16 heavy (non-hydrogen) atoms. The molecule has 0 spiro atoms. The second kappa shape index (κ2) is 5.40. The van der Waals surface area contributed by atoms with E-state index < -0.39 is 20.6 Å². The van der Waals surface area contributed by atoms with Gasteiger partial charge in [0.25, 0.3) is 0 Å². The number of sulfone groups is 1. The third-order valence-electron chi connectivity index (χ3n) is 1.90. The fraction of sp³-hybridized carbons (Fsp3) is 0.444. The maximum absolute atomic E-state index is 11.8. The number of nitrogen functional groups attached to an aromatic ring is 1. The van der Waals surface area contributed by atoms with Crippen molar-refractivity contribution in [3.8, 4) is 0 Å². The van der Waals surface area contributed by atoms with E-state index in [1.54, 1.807) is 6.07 Å². The van der Waals surface area contributed by atoms with Crippen LogP contribution in [0.2, 0.25) is 0 Å². The minimum atomic E-state index is -2.99. The smallest absolute Gasteiger partial charge is 0.147 e. The first-order chi connectivity index (χ1) is 7.40. The van der Waals surface area contributed by atoms with Crippen LogP contribution < -0.4 is 5.73 Å². The van der Waals surface area contributed by atoms with Gasteiger partial charge in [0, 0.05) is 18.2 Å². The lowest BCUT2D eigenvalue weighted by molar-refractivity contribution is 0.600. The number of hydrogen-bond donors (Lipinski definition) is 1. The van der Waals surface area contributed by atoms with E-state index in [2.05, 4.69) is 4.98 Å². The molecule has 90 valence electrons. The first-order valence-corrected chi connectivity index (χ1v) is 8.03. The molecule has 7 heteroatoms. The second-order valence-electron chi connectivity index (χ2n) is 3.45. The van der Waals surface area contributed by atoms with Gasteiger partial charge in [-0.25, -0.2) is 8.42 Å². The van der Waals surface area contributed by atoms with Gasteiger partial charge in [-0.3, -0.25) is 9.19 Å². The number of nitrogens with zero attached hydrogens (tertiary/aromatic N) is 1. The van der Waals surface area contributed by atoms with Crippen molar-refractivity contribution in [1.82, 2.24) is 4.98 Å². The average Bonchev–Trinajstić information content (AvgIpc) is 2.16. The van der Waals surface area contributed by atoms with Crippen LogP contribution in [0.5, 0.6) is 0 Å². The first-order valence-electron chi connectivity index (χ1n) is 4.66. The number of rotatable bonds is 5. The van der Waals surface area contributed by atoms with Crippen LogP contribution >= 0.6 is 0 Å². The van der Waals surface area contributed by atoms with Crippen molar-refractivity contribution in [2.75, 3.05) is 23.5 Å². The normalized spacial score (nSPS) is 13.6. The van der Waals surface area contributed by atoms with Crippen LogP contribution in [0.4, 0.5) is 5.69 Å². The minimum Gasteiger partial charge on any atom is -0.396 e. The Morgan fingerprint density at radius 3 is 2.75 bits per heavy atom. The molecule has 0 saturated carbocycles. The van der Waals surface area contributed by atoms with Crippen molar-refractivity contribution >= 4 is 26.3 Å². The summed E-state index contributed by atoms with van der Waals surface area (Å²) in [5, 5.41) is 0. The largest absolute Gasteiger partial charge is 0.396 e. The van der Waals surface area contributed by atoms with Crippen LogP contribution in [0.3, 0.4) is 0 Å². The predicted octanol–water partition coefficient (Wildman–Crippen LogP) is 0.206. The fourth-order valence-electron chi connectivity index (χ4n) is 1.16. The summed E-state index contributed by atoms with van der Waals surface area (Å²) in [5.41, 5.74) is 5.98. The molecule has 5 nitrogen and oxygen atoms in total. The van der Waals surface area contributed by atoms with E-state index in [0.717, 1.165) is 6.26 Å². The monoisotopic (exact) mass is 262 g/mol. The summed E-state index contributed by atoms with van der Waals surface area (Å²) in [6.45, 7) is 0. The summed E-state index contributed by atoms with van der Waals surface area (Å²) in [6.07, 6.45) is 4.48. The van der Waals surface area contributed by atoms with Gasteiger partial charge < -0.3 is 5.73 Å². The summed E-state index contributed by atoms with van der Waals surface area (Å²) in [4.78, 5) is 4.31. The number of nitrogens with two attached hydrogens (primary N) is 1. The molecule has 0 fully saturated rings. The highest BCUT2D eigenvalue weighted by atomic mass is 32.2. The SMILES string of the molecule is CS(=O)(=O)CCCS(=O)c1ccncc1N. The summed E-state index contributed by atoms with van der Waals surface area (Å²) < 4.78 is 33.5. The molecule has 0 aliphatic rings. The predicted molar refractivity (Wildman–Crippen MR) is 64.3 cm³/mol. The molecular weight excluding hydrogens is 248 g/mol. The number of hydrogen-bond acceptors (Lipinski definition) is 5. The Balaban J connectivity index is 2.57. The van der Waals surface area contributed by atoms with Crippen molar-refractivity contribution in [3.05, 3.63) is 18.5 Å². The molecule has 2 N–H and O–H groups in total. The summed E-state index contributed by atoms with van der Waals surface area (Å²) in [5.74, 6) is 0.338. The zero-order chi connectivity index (χ0) is 12.2. The molecule has 1 aromatic rings. The Kier molecular flexibility index (Phi) is 4.43. The molecule has 0 radical (unpaired) electrons. The van der Waals surface area contributed by atoms with E-state index in [1.807, 2.05) is 0 Å². The van der Waals surface area contributed by atoms with Crippen molar-refractivity contribution in [2.24, 2.45) is 0 Å². The third kappa shape index (κ3) is 4.28. The second-order valence-corrected chi connectivity index (χ2v) is 7.25. The van der Waals surface area contributed by atoms with Gasteiger partial charge in [-0.05, 0) is 12.5 Å². The van der Waals surface area contributed by atoms with Crippen LogP contribution in [-0.4, -0.2) is 35.4 Å². The lowest BCUT2D eigenvalue weighted by Gasteiger charge is -2.04. The molecule has 0 aliphatic carbocycles. The van der Waals surface area contributed by atoms with Crippen LogP contribution in [0.1, 0.15) is 6.42 Å². The Labute approximate surface area is 97.5 Å². The summed E-state index contributed by atoms with van der Waals surface area (Å²) in [7, 11) is -4.25. The van der Waals surface area contributed by atoms with Gasteiger partial charge in [0.2, 0.25) is 0 Å². The van der Waals surface area contributed by atoms with Gasteiger partial charge in [0.05, 0.1) is 33.3 Å². The maximum Gasteiger partial charge on any atom is 0.147 e. The number of pyridine rings is 1. The van der Waals surface area contributed by atoms with Crippen molar-refractivity contribution in [2.45, 2.75) is 11.3 Å². The molecule has 0 aliphatic heterocycles. The minimum absolute atomic E-state index is 0.0454. The highest BCUT2D eigenvalue weighted by Crippen LogP contribution is 2.14. The van der Waals surface area contributed by atoms with E-state index in [9.17, 15) is 12.6 Å². The molecule has 0 saturated heterocycles. The van der Waals surface area contributed by atoms with Gasteiger partial charge >= 0.3 is 0 Å². The Morgan fingerprint density at radius 1 is 1.50 bits per heavy atom. The molecule has 0 amide bonds. The summed E-state index contributed by atoms with van der Waals surface area (Å²) in [6, 6.07) is 1.59. The van der Waals surface area contributed by atoms with Crippen LogP contribution in [0, 0.1) is 0 Å². The van der Waals surface area contributed by atoms with Gasteiger partial charge in [-0.1, -0.05) is 0 Å². The molecule has 1 atom stereocenters. The Morgan fingerprint density at radius 2 is 2.19 bits per heavy atom. The molecule has 1 rings (SSSR count). The standard InChI is InChI=1S/C9H14N2O3S2/c1-16(13,14)6-2-5-15(12)9-3-4-11-7-8(9)10/h3-4,7H,2,5-6,10H2,1H3. The van der Waals surface area contributed by atoms with E-state index >= 15 is 0 Å². The lowest BCUT2D eigenvalue weighted by Crippen LogP contribution is -2.09. The van der Waals surface area contributed by atoms with Crippen LogP contribution in [0.15, 0.2) is 23.4 Å². The van der Waals surface area contributed by atoms with Gasteiger partial charge in [0.15, 0.2) is 0 Å². The van der Waals surface area contributed by atoms with Crippen LogP contribution in [0.25, 0.3) is 0 Å². The topological polar surface area (TPSA) is 90.1 Å². The maximum atomic E-state index is 11.8. The van der Waals surface area contributed by atoms with E-state index in [-0.39, 0.29) is 5.75 Å². The Hall–Kier alpha value is -0.950. The average molecular weight is 262 g/mol. The van der Waals surface area contributed by atoms with Crippen molar-refractivity contribution in [3.63, 3.8) is 0 Å². The number of aromatic nitrogens is 1. The lowest BCUT2D eigenvalue weighted by atomic mass is 10.4. The highest BCUT2D eigenvalue weighted by molar-refractivity contribution is 7.90. The van der Waals surface area contributed by atoms with E-state index in [4.69, 9.17) is 5.73 Å². The van der Waals surface area contributed by atoms with Gasteiger partial charge in [-0.15, -0.1) is 0 Å². The van der Waals surface area contributed by atoms with Gasteiger partial charge in [0.1, 0.15) is 9.84 Å². The highest BCUT2D eigenvalue weighted by Gasteiger charge is 2.09. The molecule has 1 unspecified atom stereocenters. The van der Waals surface area contributed by atoms with Gasteiger partial charge in [-0.2, -0.15) is 0 Å². The zero-order valence-electron chi connectivity index (χ0n) is 8.92. The Bertz CT molecular complexity index is 485. The third-order valence-corrected chi connectivity index (χ3v) is 4.45. The fourth-order valence-corrected chi connectivity index (χ4v) is 3.17. The summed E-state index contributed by atoms with van der Waals surface area (Å²) >= 11 is 0. The quantitative estimate of drug-likeness (QED) is 0.819. The molecule has 1 aromatic heterocycles. The van der Waals surface area contributed by atoms with E-state index in [1.165, 1.54) is 12.4 Å². The molecule has 1 heterocycles. The molecular formula is C9H14N2O3S2. The molecule has 0 bridgehead atoms. The zero-order valence-corrected chi connectivity index (χ0v) is 10.6. The van der Waals surface area contributed by atoms with E-state index in [0.29, 0.717) is 22.8 Å². The molecule has 0 aromatic carbocycles. The van der Waals surface area contributed by atoms with Crippen LogP contribution in [-0.2, 0) is 20.6 Å². The number of anilines is 1. The van der Waals surface area contributed by atoms with Crippen molar-refractivity contribution in [1.29, 1.82) is 0 Å². The van der Waals surface area contributed by atoms with Crippen molar-refractivity contribution < 1.29 is 12.6 Å². The first kappa shape index (κ1) is 13.1.